The van der Waals surface area contributed by atoms with Crippen molar-refractivity contribution in [1.29, 1.82) is 0 Å². The summed E-state index contributed by atoms with van der Waals surface area (Å²) in [5, 5.41) is 16.1. The molecule has 1 heterocycles. The Bertz CT molecular complexity index is 390. The molecule has 0 atom stereocenters. The van der Waals surface area contributed by atoms with Gasteiger partial charge in [-0.1, -0.05) is 0 Å². The average molecular weight is 170 g/mol. The number of nitrogens with one attached hydrogen (secondary N) is 1. The predicted molar refractivity (Wildman–Crippen MR) is 39.4 cm³/mol. The molecule has 0 aromatic carbocycles. The van der Waals surface area contributed by atoms with Crippen LogP contribution in [0.15, 0.2) is 21.1 Å². The minimum absolute atomic E-state index is 0.0201. The predicted octanol–water partition coefficient (Wildman–Crippen LogP) is -1.61. The highest BCUT2D eigenvalue weighted by atomic mass is 16.4. The summed E-state index contributed by atoms with van der Waals surface area (Å²) >= 11 is 0. The Morgan fingerprint density at radius 2 is 2.50 bits per heavy atom. The van der Waals surface area contributed by atoms with Crippen LogP contribution in [-0.2, 0) is 6.54 Å². The lowest BCUT2D eigenvalue weighted by atomic mass is 10.6. The lowest BCUT2D eigenvalue weighted by Gasteiger charge is -1.95. The third-order valence-corrected chi connectivity index (χ3v) is 1.18. The van der Waals surface area contributed by atoms with Crippen molar-refractivity contribution in [2.24, 2.45) is 5.16 Å². The smallest absolute Gasteiger partial charge is 0.330 e. The topological polar surface area (TPSA) is 100 Å². The molecular formula is C5H6N4O3. The molecule has 0 aliphatic rings. The number of hydrogen-bond acceptors (Lipinski definition) is 5. The van der Waals surface area contributed by atoms with Gasteiger partial charge in [0.2, 0.25) is 0 Å². The van der Waals surface area contributed by atoms with E-state index in [0.29, 0.717) is 0 Å². The van der Waals surface area contributed by atoms with Crippen molar-refractivity contribution in [3.05, 3.63) is 27.0 Å². The summed E-state index contributed by atoms with van der Waals surface area (Å²) < 4.78 is 1.01. The molecule has 0 fully saturated rings. The molecule has 1 aromatic heterocycles. The molecule has 0 bridgehead atoms. The van der Waals surface area contributed by atoms with Crippen LogP contribution >= 0.6 is 0 Å². The van der Waals surface area contributed by atoms with Crippen LogP contribution in [0.2, 0.25) is 0 Å². The van der Waals surface area contributed by atoms with Gasteiger partial charge >= 0.3 is 11.1 Å². The molecule has 0 aliphatic carbocycles. The van der Waals surface area contributed by atoms with Crippen LogP contribution in [0, 0.1) is 0 Å². The number of hydrogen-bond donors (Lipinski definition) is 2. The van der Waals surface area contributed by atoms with Crippen LogP contribution in [0.4, 0.5) is 0 Å². The number of oxime groups is 1. The molecule has 7 nitrogen and oxygen atoms in total. The van der Waals surface area contributed by atoms with E-state index < -0.39 is 11.1 Å². The van der Waals surface area contributed by atoms with Gasteiger partial charge in [0.15, 0.2) is 0 Å². The Balaban J connectivity index is 3.09. The minimum Gasteiger partial charge on any atom is -0.411 e. The monoisotopic (exact) mass is 170 g/mol. The standard InChI is InChI=1S/C5H6N4O3/c10-4-5(11)9(2-1-7-12)3-6-8-4/h1,3,12H,2H2,(H,8,10). The van der Waals surface area contributed by atoms with Crippen molar-refractivity contribution < 1.29 is 5.21 Å². The highest BCUT2D eigenvalue weighted by molar-refractivity contribution is 5.55. The number of H-pyrrole nitrogens is 1. The van der Waals surface area contributed by atoms with Gasteiger partial charge < -0.3 is 5.21 Å². The van der Waals surface area contributed by atoms with Gasteiger partial charge in [-0.3, -0.25) is 14.2 Å². The summed E-state index contributed by atoms with van der Waals surface area (Å²) in [6.45, 7) is 0.0201. The molecule has 12 heavy (non-hydrogen) atoms. The van der Waals surface area contributed by atoms with Gasteiger partial charge in [0.25, 0.3) is 0 Å². The van der Waals surface area contributed by atoms with Gasteiger partial charge in [0, 0.05) is 0 Å². The third-order valence-electron chi connectivity index (χ3n) is 1.18. The van der Waals surface area contributed by atoms with E-state index in [1.165, 1.54) is 0 Å². The zero-order valence-electron chi connectivity index (χ0n) is 5.97. The molecule has 0 unspecified atom stereocenters. The number of aromatic nitrogens is 3. The maximum absolute atomic E-state index is 10.9. The molecule has 0 saturated carbocycles. The Hall–Kier alpha value is -1.92. The maximum atomic E-state index is 10.9. The van der Waals surface area contributed by atoms with E-state index in [4.69, 9.17) is 5.21 Å². The summed E-state index contributed by atoms with van der Waals surface area (Å²) in [4.78, 5) is 21.6. The second kappa shape index (κ2) is 3.46. The lowest BCUT2D eigenvalue weighted by Crippen LogP contribution is -2.36. The largest absolute Gasteiger partial charge is 0.411 e. The van der Waals surface area contributed by atoms with Gasteiger partial charge in [-0.25, -0.2) is 5.10 Å². The molecule has 7 heteroatoms. The number of rotatable bonds is 2. The first-order valence-electron chi connectivity index (χ1n) is 3.05. The van der Waals surface area contributed by atoms with E-state index >= 15 is 0 Å². The highest BCUT2D eigenvalue weighted by Crippen LogP contribution is 1.68. The fraction of sp³-hybridized carbons (Fsp3) is 0.200. The number of nitrogens with zero attached hydrogens (tertiary/aromatic N) is 3. The molecule has 0 saturated heterocycles. The van der Waals surface area contributed by atoms with E-state index in [9.17, 15) is 9.59 Å². The quantitative estimate of drug-likeness (QED) is 0.241. The Morgan fingerprint density at radius 3 is 3.17 bits per heavy atom. The summed E-state index contributed by atoms with van der Waals surface area (Å²) in [5.41, 5.74) is -1.53. The first kappa shape index (κ1) is 8.18. The zero-order valence-corrected chi connectivity index (χ0v) is 5.97. The van der Waals surface area contributed by atoms with E-state index in [0.717, 1.165) is 17.1 Å². The van der Waals surface area contributed by atoms with E-state index in [1.807, 2.05) is 5.10 Å². The molecule has 0 amide bonds. The number of aromatic amines is 1. The Morgan fingerprint density at radius 1 is 1.75 bits per heavy atom. The van der Waals surface area contributed by atoms with E-state index in [-0.39, 0.29) is 6.54 Å². The first-order chi connectivity index (χ1) is 5.75. The van der Waals surface area contributed by atoms with E-state index in [2.05, 4.69) is 10.3 Å². The third kappa shape index (κ3) is 1.57. The molecule has 0 aliphatic heterocycles. The van der Waals surface area contributed by atoms with Gasteiger partial charge in [-0.2, -0.15) is 5.10 Å². The minimum atomic E-state index is -0.802. The van der Waals surface area contributed by atoms with Gasteiger partial charge in [0.1, 0.15) is 6.33 Å². The van der Waals surface area contributed by atoms with Crippen LogP contribution < -0.4 is 11.1 Å². The van der Waals surface area contributed by atoms with Crippen LogP contribution in [0.1, 0.15) is 0 Å². The SMILES string of the molecule is O=c1[nH]ncn(CC=NO)c1=O. The maximum Gasteiger partial charge on any atom is 0.330 e. The van der Waals surface area contributed by atoms with Crippen molar-refractivity contribution in [3.8, 4) is 0 Å². The second-order valence-corrected chi connectivity index (χ2v) is 1.94. The van der Waals surface area contributed by atoms with Crippen molar-refractivity contribution >= 4 is 6.21 Å². The van der Waals surface area contributed by atoms with Gasteiger partial charge in [-0.15, -0.1) is 5.16 Å². The molecule has 1 aromatic rings. The summed E-state index contributed by atoms with van der Waals surface area (Å²) in [6, 6.07) is 0. The van der Waals surface area contributed by atoms with Crippen molar-refractivity contribution in [2.75, 3.05) is 0 Å². The van der Waals surface area contributed by atoms with E-state index in [1.54, 1.807) is 0 Å². The second-order valence-electron chi connectivity index (χ2n) is 1.94. The Labute approximate surface area is 66.0 Å². The molecule has 0 spiro atoms. The van der Waals surface area contributed by atoms with Crippen LogP contribution in [0.5, 0.6) is 0 Å². The van der Waals surface area contributed by atoms with Gasteiger partial charge in [-0.05, 0) is 0 Å². The van der Waals surface area contributed by atoms with Crippen LogP contribution in [-0.4, -0.2) is 26.2 Å². The van der Waals surface area contributed by atoms with Crippen molar-refractivity contribution in [1.82, 2.24) is 14.8 Å². The van der Waals surface area contributed by atoms with Crippen LogP contribution in [0.3, 0.4) is 0 Å². The van der Waals surface area contributed by atoms with Gasteiger partial charge in [0.05, 0.1) is 12.8 Å². The zero-order chi connectivity index (χ0) is 8.97. The van der Waals surface area contributed by atoms with Crippen molar-refractivity contribution in [3.63, 3.8) is 0 Å². The fourth-order valence-corrected chi connectivity index (χ4v) is 0.642. The normalized spacial score (nSPS) is 10.7. The summed E-state index contributed by atoms with van der Waals surface area (Å²) in [6.07, 6.45) is 2.22. The fourth-order valence-electron chi connectivity index (χ4n) is 0.642. The van der Waals surface area contributed by atoms with Crippen LogP contribution in [0.25, 0.3) is 0 Å². The Kier molecular flexibility index (Phi) is 2.36. The average Bonchev–Trinajstić information content (AvgIpc) is 2.08. The molecule has 2 N–H and O–H groups in total. The summed E-state index contributed by atoms with van der Waals surface area (Å²) in [5.74, 6) is 0. The molecule has 0 radical (unpaired) electrons. The highest BCUT2D eigenvalue weighted by Gasteiger charge is 1.96. The molecule has 64 valence electrons. The van der Waals surface area contributed by atoms with Crippen molar-refractivity contribution in [2.45, 2.75) is 6.54 Å². The lowest BCUT2D eigenvalue weighted by molar-refractivity contribution is 0.320. The molecular weight excluding hydrogens is 164 g/mol. The molecule has 1 rings (SSSR count). The summed E-state index contributed by atoms with van der Waals surface area (Å²) in [7, 11) is 0. The first-order valence-corrected chi connectivity index (χ1v) is 3.05.